The van der Waals surface area contributed by atoms with Crippen molar-refractivity contribution in [1.82, 2.24) is 4.98 Å². The lowest BCUT2D eigenvalue weighted by atomic mass is 10.2. The van der Waals surface area contributed by atoms with Crippen molar-refractivity contribution < 1.29 is 0 Å². The van der Waals surface area contributed by atoms with Crippen LogP contribution in [-0.4, -0.2) is 16.5 Å². The summed E-state index contributed by atoms with van der Waals surface area (Å²) in [5.74, 6) is 2.75. The minimum absolute atomic E-state index is 0.577. The van der Waals surface area contributed by atoms with Crippen LogP contribution in [0.15, 0.2) is 52.4 Å². The predicted molar refractivity (Wildman–Crippen MR) is 81.3 cm³/mol. The van der Waals surface area contributed by atoms with Gasteiger partial charge in [0.05, 0.1) is 0 Å². The van der Waals surface area contributed by atoms with Crippen LogP contribution in [0.1, 0.15) is 5.56 Å². The van der Waals surface area contributed by atoms with Crippen LogP contribution in [0, 0.1) is 6.92 Å². The molecular formula is C14H16N2S2. The van der Waals surface area contributed by atoms with E-state index in [9.17, 15) is 0 Å². The number of hydrogen-bond donors (Lipinski definition) is 1. The van der Waals surface area contributed by atoms with Crippen molar-refractivity contribution >= 4 is 29.3 Å². The highest BCUT2D eigenvalue weighted by atomic mass is 32.2. The summed E-state index contributed by atoms with van der Waals surface area (Å²) in [6.07, 6.45) is 1.83. The van der Waals surface area contributed by atoms with Gasteiger partial charge in [-0.3, -0.25) is 0 Å². The molecule has 0 aliphatic rings. The molecule has 2 N–H and O–H groups in total. The molecule has 0 atom stereocenters. The largest absolute Gasteiger partial charge is 0.384 e. The number of thioether (sulfide) groups is 2. The summed E-state index contributed by atoms with van der Waals surface area (Å²) in [6, 6.07) is 12.5. The molecule has 0 saturated heterocycles. The number of rotatable bonds is 5. The molecule has 4 heteroatoms. The lowest BCUT2D eigenvalue weighted by Crippen LogP contribution is -1.89. The summed E-state index contributed by atoms with van der Waals surface area (Å²) >= 11 is 3.70. The first kappa shape index (κ1) is 13.3. The van der Waals surface area contributed by atoms with Gasteiger partial charge in [0.2, 0.25) is 0 Å². The van der Waals surface area contributed by atoms with E-state index in [-0.39, 0.29) is 0 Å². The van der Waals surface area contributed by atoms with Gasteiger partial charge in [0.15, 0.2) is 0 Å². The van der Waals surface area contributed by atoms with E-state index in [1.807, 2.05) is 41.9 Å². The van der Waals surface area contributed by atoms with E-state index < -0.39 is 0 Å². The molecular weight excluding hydrogens is 260 g/mol. The van der Waals surface area contributed by atoms with Crippen molar-refractivity contribution in [3.05, 3.63) is 48.2 Å². The average molecular weight is 276 g/mol. The van der Waals surface area contributed by atoms with Gasteiger partial charge in [-0.25, -0.2) is 4.98 Å². The number of benzene rings is 1. The fourth-order valence-electron chi connectivity index (χ4n) is 1.43. The number of aryl methyl sites for hydroxylation is 1. The fourth-order valence-corrected chi connectivity index (χ4v) is 3.19. The standard InChI is InChI=1S/C14H16N2S2/c1-11-2-4-12(5-3-11)17-8-9-18-13-6-7-14(15)16-10-13/h2-7,10H,8-9H2,1H3,(H2,15,16). The van der Waals surface area contributed by atoms with Gasteiger partial charge in [0, 0.05) is 27.5 Å². The maximum atomic E-state index is 5.55. The van der Waals surface area contributed by atoms with Crippen LogP contribution < -0.4 is 5.73 Å². The summed E-state index contributed by atoms with van der Waals surface area (Å²) in [5, 5.41) is 0. The monoisotopic (exact) mass is 276 g/mol. The molecule has 0 aliphatic heterocycles. The third-order valence-corrected chi connectivity index (χ3v) is 4.66. The highest BCUT2D eigenvalue weighted by molar-refractivity contribution is 8.03. The molecule has 1 aromatic carbocycles. The molecule has 0 bridgehead atoms. The van der Waals surface area contributed by atoms with Gasteiger partial charge >= 0.3 is 0 Å². The second-order valence-electron chi connectivity index (χ2n) is 3.93. The lowest BCUT2D eigenvalue weighted by Gasteiger charge is -2.03. The number of nitrogen functional groups attached to an aromatic ring is 1. The predicted octanol–water partition coefficient (Wildman–Crippen LogP) is 3.86. The van der Waals surface area contributed by atoms with Crippen LogP contribution in [0.4, 0.5) is 5.82 Å². The number of anilines is 1. The van der Waals surface area contributed by atoms with E-state index in [0.29, 0.717) is 5.82 Å². The van der Waals surface area contributed by atoms with Gasteiger partial charge < -0.3 is 5.73 Å². The van der Waals surface area contributed by atoms with Crippen LogP contribution in [0.5, 0.6) is 0 Å². The van der Waals surface area contributed by atoms with E-state index in [4.69, 9.17) is 5.73 Å². The molecule has 94 valence electrons. The molecule has 1 aromatic heterocycles. The first-order chi connectivity index (χ1) is 8.74. The van der Waals surface area contributed by atoms with Crippen molar-refractivity contribution in [2.75, 3.05) is 17.2 Å². The van der Waals surface area contributed by atoms with Crippen LogP contribution >= 0.6 is 23.5 Å². The van der Waals surface area contributed by atoms with Gasteiger partial charge in [0.1, 0.15) is 5.82 Å². The Bertz CT molecular complexity index is 433. The summed E-state index contributed by atoms with van der Waals surface area (Å²) in [5.41, 5.74) is 6.85. The third kappa shape index (κ3) is 4.27. The van der Waals surface area contributed by atoms with E-state index in [1.165, 1.54) is 15.4 Å². The van der Waals surface area contributed by atoms with Crippen LogP contribution in [0.2, 0.25) is 0 Å². The van der Waals surface area contributed by atoms with E-state index in [0.717, 1.165) is 11.5 Å². The fraction of sp³-hybridized carbons (Fsp3) is 0.214. The smallest absolute Gasteiger partial charge is 0.123 e. The van der Waals surface area contributed by atoms with Crippen molar-refractivity contribution in [3.63, 3.8) is 0 Å². The molecule has 0 saturated carbocycles. The number of hydrogen-bond acceptors (Lipinski definition) is 4. The molecule has 1 heterocycles. The molecule has 2 nitrogen and oxygen atoms in total. The molecule has 0 unspecified atom stereocenters. The topological polar surface area (TPSA) is 38.9 Å². The molecule has 0 amide bonds. The zero-order valence-corrected chi connectivity index (χ0v) is 11.9. The molecule has 2 rings (SSSR count). The quantitative estimate of drug-likeness (QED) is 0.665. The first-order valence-electron chi connectivity index (χ1n) is 5.78. The third-order valence-electron chi connectivity index (χ3n) is 2.40. The van der Waals surface area contributed by atoms with Crippen LogP contribution in [0.25, 0.3) is 0 Å². The summed E-state index contributed by atoms with van der Waals surface area (Å²) in [7, 11) is 0. The van der Waals surface area contributed by atoms with Crippen LogP contribution in [-0.2, 0) is 0 Å². The highest BCUT2D eigenvalue weighted by Gasteiger charge is 1.97. The molecule has 0 spiro atoms. The van der Waals surface area contributed by atoms with E-state index in [2.05, 4.69) is 36.2 Å². The van der Waals surface area contributed by atoms with Gasteiger partial charge in [-0.15, -0.1) is 23.5 Å². The Morgan fingerprint density at radius 2 is 1.56 bits per heavy atom. The normalized spacial score (nSPS) is 10.5. The van der Waals surface area contributed by atoms with E-state index in [1.54, 1.807) is 0 Å². The summed E-state index contributed by atoms with van der Waals surface area (Å²) < 4.78 is 0. The molecule has 2 aromatic rings. The van der Waals surface area contributed by atoms with Crippen molar-refractivity contribution in [3.8, 4) is 0 Å². The minimum atomic E-state index is 0.577. The maximum absolute atomic E-state index is 5.55. The first-order valence-corrected chi connectivity index (χ1v) is 7.75. The van der Waals surface area contributed by atoms with Gasteiger partial charge in [-0.2, -0.15) is 0 Å². The van der Waals surface area contributed by atoms with Crippen LogP contribution in [0.3, 0.4) is 0 Å². The SMILES string of the molecule is Cc1ccc(SCCSc2ccc(N)nc2)cc1. The second kappa shape index (κ2) is 6.71. The average Bonchev–Trinajstić information content (AvgIpc) is 2.39. The number of aromatic nitrogens is 1. The van der Waals surface area contributed by atoms with E-state index >= 15 is 0 Å². The van der Waals surface area contributed by atoms with Crippen molar-refractivity contribution in [2.45, 2.75) is 16.7 Å². The molecule has 18 heavy (non-hydrogen) atoms. The zero-order valence-electron chi connectivity index (χ0n) is 10.3. The summed E-state index contributed by atoms with van der Waals surface area (Å²) in [6.45, 7) is 2.11. The van der Waals surface area contributed by atoms with Gasteiger partial charge in [-0.05, 0) is 31.2 Å². The Hall–Kier alpha value is -1.13. The molecule has 0 fully saturated rings. The van der Waals surface area contributed by atoms with Crippen molar-refractivity contribution in [1.29, 1.82) is 0 Å². The number of nitrogens with two attached hydrogens (primary N) is 1. The van der Waals surface area contributed by atoms with Gasteiger partial charge in [0.25, 0.3) is 0 Å². The Labute approximate surface area is 116 Å². The number of nitrogens with zero attached hydrogens (tertiary/aromatic N) is 1. The Kier molecular flexibility index (Phi) is 4.96. The Balaban J connectivity index is 1.73. The second-order valence-corrected chi connectivity index (χ2v) is 6.27. The number of pyridine rings is 1. The van der Waals surface area contributed by atoms with Crippen molar-refractivity contribution in [2.24, 2.45) is 0 Å². The highest BCUT2D eigenvalue weighted by Crippen LogP contribution is 2.23. The maximum Gasteiger partial charge on any atom is 0.123 e. The lowest BCUT2D eigenvalue weighted by molar-refractivity contribution is 1.24. The Morgan fingerprint density at radius 1 is 0.944 bits per heavy atom. The van der Waals surface area contributed by atoms with Gasteiger partial charge in [-0.1, -0.05) is 17.7 Å². The Morgan fingerprint density at radius 3 is 2.17 bits per heavy atom. The molecule has 0 radical (unpaired) electrons. The minimum Gasteiger partial charge on any atom is -0.384 e. The zero-order chi connectivity index (χ0) is 12.8. The summed E-state index contributed by atoms with van der Waals surface area (Å²) in [4.78, 5) is 6.58. The molecule has 0 aliphatic carbocycles.